The molecule has 1 heterocycles. The molecule has 84 valence electrons. The number of nitrogens with zero attached hydrogens (tertiary/aromatic N) is 1. The molecule has 0 amide bonds. The molecular formula is C12H19ClN2. The zero-order valence-electron chi connectivity index (χ0n) is 8.93. The fourth-order valence-corrected chi connectivity index (χ4v) is 2.09. The van der Waals surface area contributed by atoms with Crippen molar-refractivity contribution < 1.29 is 0 Å². The molecule has 1 aromatic rings. The second kappa shape index (κ2) is 6.11. The highest BCUT2D eigenvalue weighted by atomic mass is 35.5. The van der Waals surface area contributed by atoms with Crippen LogP contribution in [0.4, 0.5) is 0 Å². The lowest BCUT2D eigenvalue weighted by Crippen LogP contribution is -2.22. The Hall–Kier alpha value is -0.570. The van der Waals surface area contributed by atoms with Gasteiger partial charge in [0.05, 0.1) is 0 Å². The van der Waals surface area contributed by atoms with Crippen molar-refractivity contribution in [3.8, 4) is 0 Å². The summed E-state index contributed by atoms with van der Waals surface area (Å²) in [6.45, 7) is 4.30. The summed E-state index contributed by atoms with van der Waals surface area (Å²) >= 11 is 0. The molecule has 0 bridgehead atoms. The SMILES string of the molecule is Cl.NC[C@@H]1CCN(Cc2ccccc2)C1. The van der Waals surface area contributed by atoms with Crippen molar-refractivity contribution in [2.75, 3.05) is 19.6 Å². The van der Waals surface area contributed by atoms with Gasteiger partial charge in [0.15, 0.2) is 0 Å². The van der Waals surface area contributed by atoms with Crippen LogP contribution in [0, 0.1) is 5.92 Å². The first-order chi connectivity index (χ1) is 6.88. The van der Waals surface area contributed by atoms with Crippen molar-refractivity contribution in [3.63, 3.8) is 0 Å². The fourth-order valence-electron chi connectivity index (χ4n) is 2.09. The Morgan fingerprint density at radius 3 is 2.60 bits per heavy atom. The Morgan fingerprint density at radius 2 is 2.00 bits per heavy atom. The van der Waals surface area contributed by atoms with Crippen LogP contribution in [-0.4, -0.2) is 24.5 Å². The molecule has 0 aromatic heterocycles. The Kier molecular flexibility index (Phi) is 5.09. The third kappa shape index (κ3) is 3.49. The highest BCUT2D eigenvalue weighted by Crippen LogP contribution is 2.17. The molecule has 2 N–H and O–H groups in total. The number of halogens is 1. The van der Waals surface area contributed by atoms with E-state index < -0.39 is 0 Å². The molecule has 0 saturated carbocycles. The molecule has 0 radical (unpaired) electrons. The minimum absolute atomic E-state index is 0. The summed E-state index contributed by atoms with van der Waals surface area (Å²) in [5, 5.41) is 0. The minimum atomic E-state index is 0. The lowest BCUT2D eigenvalue weighted by molar-refractivity contribution is 0.318. The number of benzene rings is 1. The fraction of sp³-hybridized carbons (Fsp3) is 0.500. The lowest BCUT2D eigenvalue weighted by Gasteiger charge is -2.15. The van der Waals surface area contributed by atoms with Crippen LogP contribution in [0.3, 0.4) is 0 Å². The number of hydrogen-bond acceptors (Lipinski definition) is 2. The second-order valence-electron chi connectivity index (χ2n) is 4.11. The van der Waals surface area contributed by atoms with Gasteiger partial charge in [0.25, 0.3) is 0 Å². The zero-order chi connectivity index (χ0) is 9.80. The Balaban J connectivity index is 0.00000112. The van der Waals surface area contributed by atoms with Gasteiger partial charge < -0.3 is 5.73 Å². The van der Waals surface area contributed by atoms with Gasteiger partial charge in [-0.25, -0.2) is 0 Å². The maximum Gasteiger partial charge on any atom is 0.0233 e. The van der Waals surface area contributed by atoms with Crippen LogP contribution in [0.15, 0.2) is 30.3 Å². The Bertz CT molecular complexity index is 276. The molecule has 3 heteroatoms. The third-order valence-corrected chi connectivity index (χ3v) is 2.95. The molecule has 1 aliphatic rings. The molecule has 0 unspecified atom stereocenters. The summed E-state index contributed by atoms with van der Waals surface area (Å²) in [5.74, 6) is 0.721. The molecule has 0 spiro atoms. The summed E-state index contributed by atoms with van der Waals surface area (Å²) in [7, 11) is 0. The van der Waals surface area contributed by atoms with Crippen molar-refractivity contribution in [3.05, 3.63) is 35.9 Å². The van der Waals surface area contributed by atoms with Gasteiger partial charge in [-0.2, -0.15) is 0 Å². The van der Waals surface area contributed by atoms with Crippen molar-refractivity contribution in [2.24, 2.45) is 11.7 Å². The first-order valence-electron chi connectivity index (χ1n) is 5.35. The van der Waals surface area contributed by atoms with Gasteiger partial charge in [-0.15, -0.1) is 12.4 Å². The molecule has 0 aliphatic carbocycles. The van der Waals surface area contributed by atoms with Crippen molar-refractivity contribution >= 4 is 12.4 Å². The normalized spacial score (nSPS) is 21.3. The molecule has 1 aliphatic heterocycles. The predicted octanol–water partition coefficient (Wildman–Crippen LogP) is 1.89. The van der Waals surface area contributed by atoms with Gasteiger partial charge in [-0.1, -0.05) is 30.3 Å². The largest absolute Gasteiger partial charge is 0.330 e. The van der Waals surface area contributed by atoms with Gasteiger partial charge in [-0.05, 0) is 31.0 Å². The van der Waals surface area contributed by atoms with E-state index in [0.29, 0.717) is 0 Å². The van der Waals surface area contributed by atoms with E-state index in [0.717, 1.165) is 19.0 Å². The highest BCUT2D eigenvalue weighted by Gasteiger charge is 2.20. The van der Waals surface area contributed by atoms with Crippen LogP contribution in [0.1, 0.15) is 12.0 Å². The van der Waals surface area contributed by atoms with Crippen LogP contribution in [0.2, 0.25) is 0 Å². The number of nitrogens with two attached hydrogens (primary N) is 1. The molecule has 1 fully saturated rings. The van der Waals surface area contributed by atoms with Gasteiger partial charge in [0, 0.05) is 13.1 Å². The maximum absolute atomic E-state index is 5.66. The van der Waals surface area contributed by atoms with E-state index in [1.807, 2.05) is 0 Å². The predicted molar refractivity (Wildman–Crippen MR) is 66.1 cm³/mol. The zero-order valence-corrected chi connectivity index (χ0v) is 9.75. The van der Waals surface area contributed by atoms with E-state index in [4.69, 9.17) is 5.73 Å². The van der Waals surface area contributed by atoms with E-state index in [1.165, 1.54) is 25.1 Å². The molecule has 15 heavy (non-hydrogen) atoms. The molecule has 1 atom stereocenters. The minimum Gasteiger partial charge on any atom is -0.330 e. The summed E-state index contributed by atoms with van der Waals surface area (Å²) in [6.07, 6.45) is 1.27. The number of rotatable bonds is 3. The van der Waals surface area contributed by atoms with Crippen LogP contribution < -0.4 is 5.73 Å². The van der Waals surface area contributed by atoms with E-state index in [-0.39, 0.29) is 12.4 Å². The number of hydrogen-bond donors (Lipinski definition) is 1. The first kappa shape index (κ1) is 12.5. The van der Waals surface area contributed by atoms with Crippen molar-refractivity contribution in [1.82, 2.24) is 4.90 Å². The lowest BCUT2D eigenvalue weighted by atomic mass is 10.1. The summed E-state index contributed by atoms with van der Waals surface area (Å²) in [5.41, 5.74) is 7.07. The van der Waals surface area contributed by atoms with Crippen molar-refractivity contribution in [2.45, 2.75) is 13.0 Å². The van der Waals surface area contributed by atoms with E-state index in [2.05, 4.69) is 35.2 Å². The van der Waals surface area contributed by atoms with E-state index >= 15 is 0 Å². The van der Waals surface area contributed by atoms with Gasteiger partial charge in [0.1, 0.15) is 0 Å². The molecule has 1 aromatic carbocycles. The second-order valence-corrected chi connectivity index (χ2v) is 4.11. The van der Waals surface area contributed by atoms with Gasteiger partial charge in [0.2, 0.25) is 0 Å². The van der Waals surface area contributed by atoms with Gasteiger partial charge >= 0.3 is 0 Å². The highest BCUT2D eigenvalue weighted by molar-refractivity contribution is 5.85. The van der Waals surface area contributed by atoms with Crippen LogP contribution >= 0.6 is 12.4 Å². The third-order valence-electron chi connectivity index (χ3n) is 2.95. The average molecular weight is 227 g/mol. The standard InChI is InChI=1S/C12H18N2.ClH/c13-8-12-6-7-14(10-12)9-11-4-2-1-3-5-11;/h1-5,12H,6-10,13H2;1H/t12-;/m0./s1. The van der Waals surface area contributed by atoms with Crippen LogP contribution in [0.5, 0.6) is 0 Å². The molecular weight excluding hydrogens is 208 g/mol. The molecule has 2 rings (SSSR count). The van der Waals surface area contributed by atoms with Crippen LogP contribution in [0.25, 0.3) is 0 Å². The Morgan fingerprint density at radius 1 is 1.27 bits per heavy atom. The smallest absolute Gasteiger partial charge is 0.0233 e. The topological polar surface area (TPSA) is 29.3 Å². The van der Waals surface area contributed by atoms with Crippen molar-refractivity contribution in [1.29, 1.82) is 0 Å². The molecule has 2 nitrogen and oxygen atoms in total. The monoisotopic (exact) mass is 226 g/mol. The summed E-state index contributed by atoms with van der Waals surface area (Å²) < 4.78 is 0. The van der Waals surface area contributed by atoms with Crippen LogP contribution in [-0.2, 0) is 6.54 Å². The number of likely N-dealkylation sites (tertiary alicyclic amines) is 1. The summed E-state index contributed by atoms with van der Waals surface area (Å²) in [6, 6.07) is 10.7. The van der Waals surface area contributed by atoms with E-state index in [9.17, 15) is 0 Å². The maximum atomic E-state index is 5.66. The van der Waals surface area contributed by atoms with E-state index in [1.54, 1.807) is 0 Å². The van der Waals surface area contributed by atoms with Gasteiger partial charge in [-0.3, -0.25) is 4.90 Å². The first-order valence-corrected chi connectivity index (χ1v) is 5.35. The Labute approximate surface area is 97.9 Å². The summed E-state index contributed by atoms with van der Waals surface area (Å²) in [4.78, 5) is 2.49. The molecule has 1 saturated heterocycles. The quantitative estimate of drug-likeness (QED) is 0.853. The average Bonchev–Trinajstić information content (AvgIpc) is 2.67.